The minimum Gasteiger partial charge on any atom is -0.399 e. The van der Waals surface area contributed by atoms with Crippen LogP contribution in [0.3, 0.4) is 0 Å². The van der Waals surface area contributed by atoms with Crippen LogP contribution in [0.15, 0.2) is 29.4 Å². The molecule has 0 aliphatic rings. The van der Waals surface area contributed by atoms with E-state index in [0.29, 0.717) is 11.5 Å². The molecule has 98 valence electrons. The Morgan fingerprint density at radius 1 is 1.47 bits per heavy atom. The number of H-pyrrole nitrogens is 1. The van der Waals surface area contributed by atoms with Gasteiger partial charge in [-0.2, -0.15) is 10.4 Å². The summed E-state index contributed by atoms with van der Waals surface area (Å²) >= 11 is 0. The first-order valence-corrected chi connectivity index (χ1v) is 6.65. The van der Waals surface area contributed by atoms with Gasteiger partial charge in [0.05, 0.1) is 17.0 Å². The molecule has 2 aromatic rings. The van der Waals surface area contributed by atoms with E-state index < -0.39 is 10.0 Å². The number of hydrogen-bond acceptors (Lipinski definition) is 6. The van der Waals surface area contributed by atoms with Crippen LogP contribution in [0.5, 0.6) is 0 Å². The molecule has 0 fully saturated rings. The Labute approximate surface area is 109 Å². The van der Waals surface area contributed by atoms with Crippen LogP contribution in [0.25, 0.3) is 0 Å². The first-order chi connectivity index (χ1) is 9.03. The molecular weight excluding hydrogens is 268 g/mol. The van der Waals surface area contributed by atoms with Gasteiger partial charge in [-0.15, -0.1) is 0 Å². The van der Waals surface area contributed by atoms with Crippen LogP contribution in [0.2, 0.25) is 0 Å². The SMILES string of the molecule is N#Cc1cc(N)ccc1S(=O)(=O)NCc1ncn[nH]1. The lowest BCUT2D eigenvalue weighted by Crippen LogP contribution is -2.24. The Hall–Kier alpha value is -2.44. The standard InChI is InChI=1S/C10H10N6O2S/c11-4-7-3-8(12)1-2-9(7)19(17,18)15-5-10-13-6-14-16-10/h1-3,6,15H,5,12H2,(H,13,14,16). The number of aromatic nitrogens is 3. The molecule has 19 heavy (non-hydrogen) atoms. The lowest BCUT2D eigenvalue weighted by molar-refractivity contribution is 0.579. The van der Waals surface area contributed by atoms with Crippen molar-refractivity contribution in [2.75, 3.05) is 5.73 Å². The molecule has 4 N–H and O–H groups in total. The fourth-order valence-corrected chi connectivity index (χ4v) is 2.55. The summed E-state index contributed by atoms with van der Waals surface area (Å²) in [4.78, 5) is 3.67. The molecule has 1 aromatic heterocycles. The van der Waals surface area contributed by atoms with Gasteiger partial charge in [-0.25, -0.2) is 18.1 Å². The van der Waals surface area contributed by atoms with Crippen LogP contribution in [-0.2, 0) is 16.6 Å². The summed E-state index contributed by atoms with van der Waals surface area (Å²) in [5.41, 5.74) is 5.82. The zero-order chi connectivity index (χ0) is 13.9. The molecule has 0 aliphatic heterocycles. The number of hydrogen-bond donors (Lipinski definition) is 3. The lowest BCUT2D eigenvalue weighted by atomic mass is 10.2. The Bertz CT molecular complexity index is 717. The van der Waals surface area contributed by atoms with Gasteiger partial charge in [0, 0.05) is 5.69 Å². The Morgan fingerprint density at radius 3 is 2.89 bits per heavy atom. The van der Waals surface area contributed by atoms with Crippen LogP contribution in [0.4, 0.5) is 5.69 Å². The average molecular weight is 278 g/mol. The van der Waals surface area contributed by atoms with Crippen LogP contribution >= 0.6 is 0 Å². The molecule has 8 nitrogen and oxygen atoms in total. The summed E-state index contributed by atoms with van der Waals surface area (Å²) in [5, 5.41) is 15.1. The van der Waals surface area contributed by atoms with E-state index in [9.17, 15) is 8.42 Å². The summed E-state index contributed by atoms with van der Waals surface area (Å²) in [6.07, 6.45) is 1.27. The second-order valence-corrected chi connectivity index (χ2v) is 5.36. The minimum atomic E-state index is -3.81. The summed E-state index contributed by atoms with van der Waals surface area (Å²) in [5.74, 6) is 0.373. The monoisotopic (exact) mass is 278 g/mol. The van der Waals surface area contributed by atoms with E-state index >= 15 is 0 Å². The van der Waals surface area contributed by atoms with Gasteiger partial charge in [0.1, 0.15) is 18.2 Å². The van der Waals surface area contributed by atoms with Gasteiger partial charge >= 0.3 is 0 Å². The molecule has 0 aliphatic carbocycles. The van der Waals surface area contributed by atoms with Crippen molar-refractivity contribution in [3.05, 3.63) is 35.9 Å². The fraction of sp³-hybridized carbons (Fsp3) is 0.100. The van der Waals surface area contributed by atoms with Gasteiger partial charge in [0.15, 0.2) is 0 Å². The molecular formula is C10H10N6O2S. The molecule has 0 amide bonds. The lowest BCUT2D eigenvalue weighted by Gasteiger charge is -2.07. The van der Waals surface area contributed by atoms with E-state index in [2.05, 4.69) is 19.9 Å². The Morgan fingerprint density at radius 2 is 2.26 bits per heavy atom. The highest BCUT2D eigenvalue weighted by Crippen LogP contribution is 2.17. The number of nitrogens with two attached hydrogens (primary N) is 1. The largest absolute Gasteiger partial charge is 0.399 e. The first kappa shape index (κ1) is 13.0. The predicted molar refractivity (Wildman–Crippen MR) is 66.0 cm³/mol. The van der Waals surface area contributed by atoms with E-state index in [1.807, 2.05) is 0 Å². The normalized spacial score (nSPS) is 11.1. The van der Waals surface area contributed by atoms with Gasteiger partial charge in [-0.3, -0.25) is 5.10 Å². The summed E-state index contributed by atoms with van der Waals surface area (Å²) in [7, 11) is -3.81. The molecule has 0 atom stereocenters. The van der Waals surface area contributed by atoms with E-state index in [4.69, 9.17) is 11.0 Å². The highest BCUT2D eigenvalue weighted by molar-refractivity contribution is 7.89. The van der Waals surface area contributed by atoms with Crippen LogP contribution in [0, 0.1) is 11.3 Å². The quantitative estimate of drug-likeness (QED) is 0.658. The van der Waals surface area contributed by atoms with Crippen LogP contribution < -0.4 is 10.5 Å². The number of nitrogen functional groups attached to an aromatic ring is 1. The summed E-state index contributed by atoms with van der Waals surface area (Å²) < 4.78 is 26.4. The third kappa shape index (κ3) is 2.87. The molecule has 9 heteroatoms. The number of sulfonamides is 1. The highest BCUT2D eigenvalue weighted by atomic mass is 32.2. The van der Waals surface area contributed by atoms with Gasteiger partial charge in [-0.05, 0) is 18.2 Å². The minimum absolute atomic E-state index is 0.00919. The molecule has 0 saturated heterocycles. The van der Waals surface area contributed by atoms with Gasteiger partial charge < -0.3 is 5.73 Å². The second-order valence-electron chi connectivity index (χ2n) is 3.62. The molecule has 0 spiro atoms. The third-order valence-corrected chi connectivity index (χ3v) is 3.77. The smallest absolute Gasteiger partial charge is 0.242 e. The molecule has 1 heterocycles. The maximum absolute atomic E-state index is 12.1. The van der Waals surface area contributed by atoms with Crippen molar-refractivity contribution in [3.8, 4) is 6.07 Å². The molecule has 1 aromatic carbocycles. The van der Waals surface area contributed by atoms with Crippen molar-refractivity contribution in [1.29, 1.82) is 5.26 Å². The summed E-state index contributed by atoms with van der Waals surface area (Å²) in [6, 6.07) is 5.82. The Kier molecular flexibility index (Phi) is 3.46. The zero-order valence-corrected chi connectivity index (χ0v) is 10.5. The van der Waals surface area contributed by atoms with Crippen LogP contribution in [-0.4, -0.2) is 23.6 Å². The number of anilines is 1. The molecule has 0 unspecified atom stereocenters. The maximum Gasteiger partial charge on any atom is 0.242 e. The third-order valence-electron chi connectivity index (χ3n) is 2.31. The van der Waals surface area contributed by atoms with Gasteiger partial charge in [0.25, 0.3) is 0 Å². The van der Waals surface area contributed by atoms with E-state index in [1.54, 1.807) is 6.07 Å². The molecule has 2 rings (SSSR count). The molecule has 0 bridgehead atoms. The molecule has 0 radical (unpaired) electrons. The van der Waals surface area contributed by atoms with Crippen molar-refractivity contribution in [2.45, 2.75) is 11.4 Å². The predicted octanol–water partition coefficient (Wildman–Crippen LogP) is -0.263. The maximum atomic E-state index is 12.1. The van der Waals surface area contributed by atoms with Crippen molar-refractivity contribution in [1.82, 2.24) is 19.9 Å². The zero-order valence-electron chi connectivity index (χ0n) is 9.66. The van der Waals surface area contributed by atoms with Crippen molar-refractivity contribution < 1.29 is 8.42 Å². The number of nitrogens with zero attached hydrogens (tertiary/aromatic N) is 3. The van der Waals surface area contributed by atoms with E-state index in [0.717, 1.165) is 0 Å². The number of benzene rings is 1. The fourth-order valence-electron chi connectivity index (χ4n) is 1.43. The van der Waals surface area contributed by atoms with Crippen molar-refractivity contribution >= 4 is 15.7 Å². The van der Waals surface area contributed by atoms with Gasteiger partial charge in [-0.1, -0.05) is 0 Å². The topological polar surface area (TPSA) is 138 Å². The summed E-state index contributed by atoms with van der Waals surface area (Å²) in [6.45, 7) is -0.0441. The van der Waals surface area contributed by atoms with Crippen LogP contribution in [0.1, 0.15) is 11.4 Å². The number of nitrogens with one attached hydrogen (secondary N) is 2. The van der Waals surface area contributed by atoms with E-state index in [-0.39, 0.29) is 17.0 Å². The first-order valence-electron chi connectivity index (χ1n) is 5.16. The number of rotatable bonds is 4. The van der Waals surface area contributed by atoms with Gasteiger partial charge in [0.2, 0.25) is 10.0 Å². The number of aromatic amines is 1. The molecule has 0 saturated carbocycles. The second kappa shape index (κ2) is 5.05. The van der Waals surface area contributed by atoms with Crippen molar-refractivity contribution in [2.24, 2.45) is 0 Å². The van der Waals surface area contributed by atoms with E-state index in [1.165, 1.54) is 24.5 Å². The Balaban J connectivity index is 2.27. The average Bonchev–Trinajstić information content (AvgIpc) is 2.89. The highest BCUT2D eigenvalue weighted by Gasteiger charge is 2.18. The number of nitriles is 1. The van der Waals surface area contributed by atoms with Crippen molar-refractivity contribution in [3.63, 3.8) is 0 Å².